The van der Waals surface area contributed by atoms with Gasteiger partial charge in [0.15, 0.2) is 5.60 Å². The summed E-state index contributed by atoms with van der Waals surface area (Å²) in [4.78, 5) is 6.97. The molecule has 0 spiro atoms. The fourth-order valence-corrected chi connectivity index (χ4v) is 5.45. The van der Waals surface area contributed by atoms with Gasteiger partial charge in [-0.15, -0.1) is 0 Å². The number of aromatic nitrogens is 2. The van der Waals surface area contributed by atoms with Crippen molar-refractivity contribution in [3.05, 3.63) is 100 Å². The van der Waals surface area contributed by atoms with E-state index in [9.17, 15) is 22.7 Å². The van der Waals surface area contributed by atoms with Gasteiger partial charge in [-0.1, -0.05) is 39.0 Å². The summed E-state index contributed by atoms with van der Waals surface area (Å²) in [6.45, 7) is 7.55. The van der Waals surface area contributed by atoms with Crippen LogP contribution in [0.3, 0.4) is 0 Å². The van der Waals surface area contributed by atoms with Crippen molar-refractivity contribution in [3.63, 3.8) is 0 Å². The summed E-state index contributed by atoms with van der Waals surface area (Å²) in [6, 6.07) is 8.32. The number of halogens is 4. The molecule has 2 aliphatic rings. The number of aryl methyl sites for hydroxylation is 1. The minimum Gasteiger partial charge on any atom is -0.493 e. The predicted octanol–water partition coefficient (Wildman–Crippen LogP) is 7.45. The number of fused-ring (bicyclic) bond motifs is 2. The molecule has 1 aromatic carbocycles. The van der Waals surface area contributed by atoms with E-state index >= 15 is 0 Å². The second-order valence-electron chi connectivity index (χ2n) is 11.2. The molecule has 1 atom stereocenters. The van der Waals surface area contributed by atoms with E-state index < -0.39 is 35.9 Å². The van der Waals surface area contributed by atoms with Crippen LogP contribution in [0.2, 0.25) is 0 Å². The number of hydrogen-bond donors (Lipinski definition) is 2. The number of pyridine rings is 1. The molecule has 0 amide bonds. The van der Waals surface area contributed by atoms with Gasteiger partial charge in [-0.05, 0) is 78.6 Å². The molecule has 8 heteroatoms. The molecule has 2 aromatic heterocycles. The zero-order valence-corrected chi connectivity index (χ0v) is 23.3. The molecular formula is C32H36F4N2O2. The lowest BCUT2D eigenvalue weighted by molar-refractivity contribution is -0.266. The van der Waals surface area contributed by atoms with E-state index in [1.54, 1.807) is 19.9 Å². The highest BCUT2D eigenvalue weighted by Gasteiger charge is 2.56. The van der Waals surface area contributed by atoms with Crippen molar-refractivity contribution in [2.45, 2.75) is 77.0 Å². The van der Waals surface area contributed by atoms with Crippen molar-refractivity contribution in [1.29, 1.82) is 0 Å². The molecule has 3 heterocycles. The maximum Gasteiger partial charge on any atom is 0.417 e. The van der Waals surface area contributed by atoms with Crippen molar-refractivity contribution < 1.29 is 27.4 Å². The molecule has 0 fully saturated rings. The van der Waals surface area contributed by atoms with Crippen LogP contribution in [0.1, 0.15) is 67.8 Å². The van der Waals surface area contributed by atoms with E-state index in [0.717, 1.165) is 23.3 Å². The van der Waals surface area contributed by atoms with Crippen LogP contribution in [0.4, 0.5) is 17.6 Å². The lowest BCUT2D eigenvalue weighted by atomic mass is 9.72. The van der Waals surface area contributed by atoms with Crippen LogP contribution < -0.4 is 4.74 Å². The average molecular weight is 557 g/mol. The lowest BCUT2D eigenvalue weighted by Gasteiger charge is -2.38. The Balaban J connectivity index is 0.000000398. The zero-order chi connectivity index (χ0) is 29.1. The smallest absolute Gasteiger partial charge is 0.417 e. The van der Waals surface area contributed by atoms with E-state index in [1.165, 1.54) is 17.7 Å². The Morgan fingerprint density at radius 3 is 2.45 bits per heavy atom. The number of rotatable bonds is 6. The lowest BCUT2D eigenvalue weighted by Crippen LogP contribution is -2.51. The third-order valence-corrected chi connectivity index (χ3v) is 7.55. The van der Waals surface area contributed by atoms with Crippen LogP contribution >= 0.6 is 0 Å². The van der Waals surface area contributed by atoms with Crippen LogP contribution in [-0.4, -0.2) is 33.5 Å². The number of alkyl halides is 3. The van der Waals surface area contributed by atoms with E-state index in [-0.39, 0.29) is 0 Å². The summed E-state index contributed by atoms with van der Waals surface area (Å²) in [6.07, 6.45) is 5.46. The summed E-state index contributed by atoms with van der Waals surface area (Å²) in [5, 5.41) is 11.0. The van der Waals surface area contributed by atoms with E-state index in [0.29, 0.717) is 42.0 Å². The summed E-state index contributed by atoms with van der Waals surface area (Å²) in [7, 11) is 0. The second kappa shape index (κ2) is 11.6. The molecule has 5 rings (SSSR count). The fraction of sp³-hybridized carbons (Fsp3) is 0.406. The first-order chi connectivity index (χ1) is 18.8. The van der Waals surface area contributed by atoms with Gasteiger partial charge in [0.05, 0.1) is 6.61 Å². The number of benzene rings is 1. The summed E-state index contributed by atoms with van der Waals surface area (Å²) < 4.78 is 62.5. The SMILES string of the molecule is CC1=CC=CCc2cc(CC(O)(CC(C)(C)c3cc(F)cc4c3OCC4)C(F)(F)F)[nH]c21.CCc1ccncc1. The number of nitrogens with zero attached hydrogens (tertiary/aromatic N) is 1. The molecule has 4 nitrogen and oxygen atoms in total. The van der Waals surface area contributed by atoms with Gasteiger partial charge in [0.25, 0.3) is 0 Å². The predicted molar refractivity (Wildman–Crippen MR) is 149 cm³/mol. The molecule has 0 saturated heterocycles. The van der Waals surface area contributed by atoms with Crippen LogP contribution in [0.5, 0.6) is 5.75 Å². The maximum atomic E-state index is 14.2. The van der Waals surface area contributed by atoms with Gasteiger partial charge in [-0.3, -0.25) is 4.98 Å². The molecule has 2 N–H and O–H groups in total. The van der Waals surface area contributed by atoms with E-state index in [4.69, 9.17) is 4.74 Å². The van der Waals surface area contributed by atoms with Gasteiger partial charge < -0.3 is 14.8 Å². The molecule has 0 bridgehead atoms. The van der Waals surface area contributed by atoms with E-state index in [1.807, 2.05) is 49.7 Å². The fourth-order valence-electron chi connectivity index (χ4n) is 5.45. The number of H-pyrrole nitrogens is 1. The van der Waals surface area contributed by atoms with Crippen LogP contribution in [0, 0.1) is 5.82 Å². The first-order valence-electron chi connectivity index (χ1n) is 13.5. The van der Waals surface area contributed by atoms with Crippen LogP contribution in [0.25, 0.3) is 5.57 Å². The Hall–Kier alpha value is -3.39. The number of aromatic amines is 1. The van der Waals surface area contributed by atoms with Crippen molar-refractivity contribution in [1.82, 2.24) is 9.97 Å². The number of ether oxygens (including phenoxy) is 1. The van der Waals surface area contributed by atoms with Gasteiger partial charge in [0.1, 0.15) is 11.6 Å². The minimum absolute atomic E-state index is 0.314. The number of aliphatic hydroxyl groups is 1. The number of nitrogens with one attached hydrogen (secondary N) is 1. The number of hydrogen-bond acceptors (Lipinski definition) is 3. The molecule has 214 valence electrons. The average Bonchev–Trinajstić information content (AvgIpc) is 3.48. The Bertz CT molecular complexity index is 1390. The largest absolute Gasteiger partial charge is 0.493 e. The topological polar surface area (TPSA) is 58.1 Å². The Morgan fingerprint density at radius 1 is 1.07 bits per heavy atom. The molecule has 1 unspecified atom stereocenters. The normalized spacial score (nSPS) is 16.1. The number of allylic oxidation sites excluding steroid dienone is 4. The first-order valence-corrected chi connectivity index (χ1v) is 13.5. The van der Waals surface area contributed by atoms with Gasteiger partial charge in [-0.25, -0.2) is 4.39 Å². The van der Waals surface area contributed by atoms with Crippen LogP contribution in [0.15, 0.2) is 61.0 Å². The third kappa shape index (κ3) is 6.49. The third-order valence-electron chi connectivity index (χ3n) is 7.55. The summed E-state index contributed by atoms with van der Waals surface area (Å²) in [5.74, 6) is -0.0867. The molecule has 40 heavy (non-hydrogen) atoms. The zero-order valence-electron chi connectivity index (χ0n) is 23.3. The van der Waals surface area contributed by atoms with Crippen LogP contribution in [-0.2, 0) is 31.1 Å². The summed E-state index contributed by atoms with van der Waals surface area (Å²) in [5.41, 5.74) is 1.05. The molecule has 0 saturated carbocycles. The second-order valence-corrected chi connectivity index (χ2v) is 11.2. The highest BCUT2D eigenvalue weighted by Crippen LogP contribution is 2.47. The highest BCUT2D eigenvalue weighted by molar-refractivity contribution is 5.67. The minimum atomic E-state index is -4.88. The molecule has 0 radical (unpaired) electrons. The molecule has 1 aliphatic carbocycles. The summed E-state index contributed by atoms with van der Waals surface area (Å²) >= 11 is 0. The van der Waals surface area contributed by atoms with Gasteiger partial charge in [0, 0.05) is 47.8 Å². The standard InChI is InChI=1S/C25H27F4NO2.C7H9N/c1-15-6-4-5-7-16-11-19(30-21(15)16)13-24(31,25(27,28)29)14-23(2,3)20-12-18(26)10-17-8-9-32-22(17)20;1-2-7-3-5-8-6-4-7/h4-6,10-12,30-31H,7-9,13-14H2,1-3H3;3-6H,2H2,1H3. The van der Waals surface area contributed by atoms with Gasteiger partial charge >= 0.3 is 6.18 Å². The van der Waals surface area contributed by atoms with Crippen molar-refractivity contribution >= 4 is 5.57 Å². The Kier molecular flexibility index (Phi) is 8.59. The Labute approximate surface area is 232 Å². The van der Waals surface area contributed by atoms with Crippen molar-refractivity contribution in [2.75, 3.05) is 6.61 Å². The highest BCUT2D eigenvalue weighted by atomic mass is 19.4. The Morgan fingerprint density at radius 2 is 1.80 bits per heavy atom. The quantitative estimate of drug-likeness (QED) is 0.310. The maximum absolute atomic E-state index is 14.2. The molecular weight excluding hydrogens is 520 g/mol. The monoisotopic (exact) mass is 556 g/mol. The van der Waals surface area contributed by atoms with Gasteiger partial charge in [-0.2, -0.15) is 13.2 Å². The van der Waals surface area contributed by atoms with Crippen molar-refractivity contribution in [2.24, 2.45) is 0 Å². The van der Waals surface area contributed by atoms with Gasteiger partial charge in [0.2, 0.25) is 0 Å². The molecule has 3 aromatic rings. The van der Waals surface area contributed by atoms with E-state index in [2.05, 4.69) is 16.9 Å². The first kappa shape index (κ1) is 29.6. The van der Waals surface area contributed by atoms with Crippen molar-refractivity contribution in [3.8, 4) is 5.75 Å². The molecule has 1 aliphatic heterocycles.